The first-order valence-corrected chi connectivity index (χ1v) is 8.34. The van der Waals surface area contributed by atoms with Crippen LogP contribution in [0, 0.1) is 0 Å². The van der Waals surface area contributed by atoms with E-state index in [2.05, 4.69) is 5.32 Å². The van der Waals surface area contributed by atoms with Crippen LogP contribution >= 0.6 is 0 Å². The van der Waals surface area contributed by atoms with Crippen molar-refractivity contribution < 1.29 is 14.4 Å². The van der Waals surface area contributed by atoms with Crippen molar-refractivity contribution in [2.24, 2.45) is 0 Å². The zero-order chi connectivity index (χ0) is 18.8. The Kier molecular flexibility index (Phi) is 4.24. The molecule has 0 aliphatic rings. The van der Waals surface area contributed by atoms with E-state index in [-0.39, 0.29) is 5.76 Å². The van der Waals surface area contributed by atoms with Gasteiger partial charge in [-0.05, 0) is 48.0 Å². The van der Waals surface area contributed by atoms with E-state index < -0.39 is 5.91 Å². The summed E-state index contributed by atoms with van der Waals surface area (Å²) in [5, 5.41) is 12.9. The molecule has 0 bridgehead atoms. The lowest BCUT2D eigenvalue weighted by Gasteiger charge is -2.13. The third kappa shape index (κ3) is 3.33. The van der Waals surface area contributed by atoms with Crippen molar-refractivity contribution in [2.75, 3.05) is 11.1 Å². The lowest BCUT2D eigenvalue weighted by atomic mass is 10.0. The highest BCUT2D eigenvalue weighted by Crippen LogP contribution is 2.33. The van der Waals surface area contributed by atoms with E-state index in [1.165, 1.54) is 0 Å². The summed E-state index contributed by atoms with van der Waals surface area (Å²) in [5.74, 6) is -0.632. The molecule has 1 heterocycles. The number of benzene rings is 3. The summed E-state index contributed by atoms with van der Waals surface area (Å²) >= 11 is 0. The third-order valence-corrected chi connectivity index (χ3v) is 4.25. The van der Waals surface area contributed by atoms with Gasteiger partial charge in [0.25, 0.3) is 0 Å². The first-order chi connectivity index (χ1) is 13.1. The van der Waals surface area contributed by atoms with Crippen molar-refractivity contribution >= 4 is 33.9 Å². The molecule has 0 saturated heterocycles. The molecule has 5 N–H and O–H groups in total. The largest absolute Gasteiger partial charge is 0.451 e. The zero-order valence-corrected chi connectivity index (χ0v) is 14.3. The number of furan rings is 1. The van der Waals surface area contributed by atoms with Crippen molar-refractivity contribution in [3.63, 3.8) is 0 Å². The molecular weight excluding hydrogens is 342 g/mol. The fraction of sp³-hybridized carbons (Fsp3) is 0. The fourth-order valence-corrected chi connectivity index (χ4v) is 2.99. The van der Waals surface area contributed by atoms with Gasteiger partial charge in [-0.1, -0.05) is 30.3 Å². The number of nitrogens with one attached hydrogen (secondary N) is 2. The van der Waals surface area contributed by atoms with Gasteiger partial charge >= 0.3 is 5.91 Å². The number of hydrogen-bond acceptors (Lipinski definition) is 5. The Morgan fingerprint density at radius 2 is 1.81 bits per heavy atom. The molecule has 4 aromatic rings. The Morgan fingerprint density at radius 3 is 2.63 bits per heavy atom. The maximum atomic E-state index is 11.5. The lowest BCUT2D eigenvalue weighted by Crippen LogP contribution is -2.17. The van der Waals surface area contributed by atoms with Gasteiger partial charge in [0, 0.05) is 28.0 Å². The molecule has 0 aliphatic heterocycles. The second kappa shape index (κ2) is 6.86. The first kappa shape index (κ1) is 16.7. The van der Waals surface area contributed by atoms with Gasteiger partial charge in [-0.25, -0.2) is 5.48 Å². The molecule has 134 valence electrons. The first-order valence-electron chi connectivity index (χ1n) is 8.34. The zero-order valence-electron chi connectivity index (χ0n) is 14.3. The summed E-state index contributed by atoms with van der Waals surface area (Å²) in [6.07, 6.45) is 0. The van der Waals surface area contributed by atoms with Gasteiger partial charge in [-0.2, -0.15) is 0 Å². The SMILES string of the molecule is Nc1cccc(Nc2ccccc2-c2ccc3oc(C(=O)NO)cc3c2)c1. The number of rotatable bonds is 4. The molecule has 27 heavy (non-hydrogen) atoms. The average molecular weight is 359 g/mol. The molecule has 3 aromatic carbocycles. The maximum absolute atomic E-state index is 11.5. The topological polar surface area (TPSA) is 101 Å². The molecule has 0 aliphatic carbocycles. The normalized spacial score (nSPS) is 10.7. The van der Waals surface area contributed by atoms with Crippen LogP contribution in [0.5, 0.6) is 0 Å². The van der Waals surface area contributed by atoms with Crippen LogP contribution in [0.2, 0.25) is 0 Å². The summed E-state index contributed by atoms with van der Waals surface area (Å²) in [6, 6.07) is 22.7. The van der Waals surface area contributed by atoms with Gasteiger partial charge in [0.2, 0.25) is 0 Å². The number of carbonyl (C=O) groups is 1. The fourth-order valence-electron chi connectivity index (χ4n) is 2.99. The Hall–Kier alpha value is -3.77. The van der Waals surface area contributed by atoms with E-state index in [1.54, 1.807) is 17.6 Å². The quantitative estimate of drug-likeness (QED) is 0.243. The minimum atomic E-state index is -0.684. The smallest absolute Gasteiger partial charge is 0.310 e. The highest BCUT2D eigenvalue weighted by atomic mass is 16.5. The molecule has 4 rings (SSSR count). The highest BCUT2D eigenvalue weighted by molar-refractivity contribution is 5.97. The minimum Gasteiger partial charge on any atom is -0.451 e. The highest BCUT2D eigenvalue weighted by Gasteiger charge is 2.13. The number of hydrogen-bond donors (Lipinski definition) is 4. The molecule has 0 radical (unpaired) electrons. The van der Waals surface area contributed by atoms with Crippen LogP contribution in [0.25, 0.3) is 22.1 Å². The second-order valence-electron chi connectivity index (χ2n) is 6.10. The van der Waals surface area contributed by atoms with Gasteiger partial charge < -0.3 is 15.5 Å². The molecule has 0 saturated carbocycles. The molecule has 0 atom stereocenters. The van der Waals surface area contributed by atoms with E-state index in [0.29, 0.717) is 11.3 Å². The van der Waals surface area contributed by atoms with E-state index in [1.807, 2.05) is 60.7 Å². The van der Waals surface area contributed by atoms with Crippen LogP contribution in [0.1, 0.15) is 10.6 Å². The van der Waals surface area contributed by atoms with Crippen molar-refractivity contribution in [3.05, 3.63) is 78.6 Å². The number of hydroxylamine groups is 1. The van der Waals surface area contributed by atoms with E-state index in [0.717, 1.165) is 27.9 Å². The Bertz CT molecular complexity index is 1130. The summed E-state index contributed by atoms with van der Waals surface area (Å²) in [4.78, 5) is 11.5. The predicted octanol–water partition coefficient (Wildman–Crippen LogP) is 4.54. The van der Waals surface area contributed by atoms with E-state index in [9.17, 15) is 4.79 Å². The second-order valence-corrected chi connectivity index (χ2v) is 6.10. The number of nitrogen functional groups attached to an aromatic ring is 1. The lowest BCUT2D eigenvalue weighted by molar-refractivity contribution is 0.0678. The number of anilines is 3. The molecule has 1 amide bonds. The van der Waals surface area contributed by atoms with Crippen molar-refractivity contribution in [3.8, 4) is 11.1 Å². The third-order valence-electron chi connectivity index (χ3n) is 4.25. The predicted molar refractivity (Wildman–Crippen MR) is 105 cm³/mol. The van der Waals surface area contributed by atoms with Crippen molar-refractivity contribution in [1.29, 1.82) is 0 Å². The summed E-state index contributed by atoms with van der Waals surface area (Å²) in [7, 11) is 0. The number of nitrogens with two attached hydrogens (primary N) is 1. The Labute approximate surface area is 155 Å². The number of carbonyl (C=O) groups excluding carboxylic acids is 1. The Morgan fingerprint density at radius 1 is 0.963 bits per heavy atom. The van der Waals surface area contributed by atoms with Crippen LogP contribution in [0.4, 0.5) is 17.1 Å². The molecule has 6 nitrogen and oxygen atoms in total. The van der Waals surface area contributed by atoms with Gasteiger partial charge in [0.15, 0.2) is 5.76 Å². The molecular formula is C21H17N3O3. The van der Waals surface area contributed by atoms with Crippen molar-refractivity contribution in [1.82, 2.24) is 5.48 Å². The Balaban J connectivity index is 1.74. The van der Waals surface area contributed by atoms with Crippen molar-refractivity contribution in [2.45, 2.75) is 0 Å². The summed E-state index contributed by atoms with van der Waals surface area (Å²) in [6.45, 7) is 0. The number of fused-ring (bicyclic) bond motifs is 1. The van der Waals surface area contributed by atoms with Crippen LogP contribution in [0.15, 0.2) is 77.2 Å². The minimum absolute atomic E-state index is 0.0517. The van der Waals surface area contributed by atoms with Gasteiger partial charge in [-0.15, -0.1) is 0 Å². The molecule has 6 heteroatoms. The standard InChI is InChI=1S/C21H17N3O3/c22-15-4-3-5-16(12-15)23-18-7-2-1-6-17(18)13-8-9-19-14(10-13)11-20(27-19)21(25)24-26/h1-12,23,26H,22H2,(H,24,25). The van der Waals surface area contributed by atoms with Crippen LogP contribution in [-0.2, 0) is 0 Å². The summed E-state index contributed by atoms with van der Waals surface area (Å²) < 4.78 is 5.45. The average Bonchev–Trinajstić information content (AvgIpc) is 3.11. The van der Waals surface area contributed by atoms with Crippen LogP contribution < -0.4 is 16.5 Å². The summed E-state index contributed by atoms with van der Waals surface area (Å²) in [5.41, 5.74) is 12.5. The van der Waals surface area contributed by atoms with Gasteiger partial charge in [-0.3, -0.25) is 10.0 Å². The molecule has 1 aromatic heterocycles. The van der Waals surface area contributed by atoms with E-state index in [4.69, 9.17) is 15.4 Å². The molecule has 0 fully saturated rings. The van der Waals surface area contributed by atoms with Crippen LogP contribution in [-0.4, -0.2) is 11.1 Å². The molecule has 0 spiro atoms. The van der Waals surface area contributed by atoms with Gasteiger partial charge in [0.1, 0.15) is 5.58 Å². The number of para-hydroxylation sites is 1. The molecule has 0 unspecified atom stereocenters. The van der Waals surface area contributed by atoms with Gasteiger partial charge in [0.05, 0.1) is 0 Å². The number of amides is 1. The monoisotopic (exact) mass is 359 g/mol. The van der Waals surface area contributed by atoms with E-state index >= 15 is 0 Å². The van der Waals surface area contributed by atoms with Crippen LogP contribution in [0.3, 0.4) is 0 Å². The maximum Gasteiger partial charge on any atom is 0.310 e.